The zero-order valence-electron chi connectivity index (χ0n) is 10.9. The Morgan fingerprint density at radius 1 is 1.12 bits per heavy atom. The molecule has 0 N–H and O–H groups in total. The van der Waals surface area contributed by atoms with Gasteiger partial charge in [0.2, 0.25) is 0 Å². The molecule has 4 heteroatoms. The molecule has 0 spiro atoms. The second-order valence-corrected chi connectivity index (χ2v) is 10.2. The van der Waals surface area contributed by atoms with E-state index in [0.29, 0.717) is 5.54 Å². The van der Waals surface area contributed by atoms with E-state index in [1.807, 2.05) is 13.8 Å². The molecule has 0 amide bonds. The monoisotopic (exact) mass is 288 g/mol. The Labute approximate surface area is 114 Å². The Morgan fingerprint density at radius 2 is 1.71 bits per heavy atom. The summed E-state index contributed by atoms with van der Waals surface area (Å²) in [6.07, 6.45) is 1.08. The summed E-state index contributed by atoms with van der Waals surface area (Å²) in [6, 6.07) is 0. The van der Waals surface area contributed by atoms with Crippen molar-refractivity contribution in [2.45, 2.75) is 45.8 Å². The van der Waals surface area contributed by atoms with Crippen LogP contribution in [0.4, 0.5) is 0 Å². The topological polar surface area (TPSA) is 9.23 Å². The smallest absolute Gasteiger partial charge is 0.252 e. The van der Waals surface area contributed by atoms with E-state index in [0.717, 1.165) is 33.3 Å². The van der Waals surface area contributed by atoms with Gasteiger partial charge in [0.15, 0.2) is 0 Å². The fraction of sp³-hybridized carbons (Fsp3) is 0.538. The molecule has 1 aromatic carbocycles. The minimum atomic E-state index is -1.73. The van der Waals surface area contributed by atoms with Gasteiger partial charge in [-0.2, -0.15) is 0 Å². The van der Waals surface area contributed by atoms with Crippen molar-refractivity contribution in [2.24, 2.45) is 0 Å². The minimum Gasteiger partial charge on any atom is -0.543 e. The summed E-state index contributed by atoms with van der Waals surface area (Å²) >= 11 is 12.8. The number of benzene rings is 1. The number of fused-ring (bicyclic) bond motifs is 1. The van der Waals surface area contributed by atoms with Gasteiger partial charge in [-0.1, -0.05) is 30.1 Å². The average Bonchev–Trinajstić information content (AvgIpc) is 2.54. The van der Waals surface area contributed by atoms with Crippen LogP contribution < -0.4 is 4.43 Å². The maximum atomic E-state index is 6.47. The first-order chi connectivity index (χ1) is 7.81. The Bertz CT molecular complexity index is 483. The molecule has 1 unspecified atom stereocenters. The molecule has 1 aliphatic heterocycles. The first-order valence-corrected chi connectivity index (χ1v) is 9.72. The minimum absolute atomic E-state index is 0.472. The zero-order valence-corrected chi connectivity index (χ0v) is 13.5. The van der Waals surface area contributed by atoms with Gasteiger partial charge in [-0.25, -0.2) is 0 Å². The number of halogens is 2. The van der Waals surface area contributed by atoms with Crippen LogP contribution in [0.1, 0.15) is 35.6 Å². The Kier molecular flexibility index (Phi) is 3.26. The molecule has 1 aliphatic rings. The van der Waals surface area contributed by atoms with Gasteiger partial charge in [-0.05, 0) is 38.9 Å². The van der Waals surface area contributed by atoms with Crippen molar-refractivity contribution in [2.75, 3.05) is 0 Å². The zero-order chi connectivity index (χ0) is 13.0. The summed E-state index contributed by atoms with van der Waals surface area (Å²) in [5, 5.41) is 1.55. The third kappa shape index (κ3) is 1.81. The third-order valence-electron chi connectivity index (χ3n) is 3.77. The molecule has 1 nitrogen and oxygen atoms in total. The van der Waals surface area contributed by atoms with E-state index in [2.05, 4.69) is 20.0 Å². The molecule has 0 fully saturated rings. The molecule has 1 aromatic rings. The van der Waals surface area contributed by atoms with Crippen LogP contribution in [0.2, 0.25) is 23.1 Å². The Balaban J connectivity index is 2.75. The predicted molar refractivity (Wildman–Crippen MR) is 77.1 cm³/mol. The first-order valence-electron chi connectivity index (χ1n) is 5.98. The second-order valence-electron chi connectivity index (χ2n) is 5.29. The Hall–Kier alpha value is -0.183. The van der Waals surface area contributed by atoms with Crippen molar-refractivity contribution in [3.8, 4) is 5.75 Å². The highest BCUT2D eigenvalue weighted by Crippen LogP contribution is 2.52. The van der Waals surface area contributed by atoms with Crippen LogP contribution in [-0.2, 0) is 0 Å². The highest BCUT2D eigenvalue weighted by atomic mass is 35.5. The van der Waals surface area contributed by atoms with Crippen LogP contribution in [0.3, 0.4) is 0 Å². The first kappa shape index (κ1) is 13.3. The van der Waals surface area contributed by atoms with Gasteiger partial charge in [0, 0.05) is 16.7 Å². The van der Waals surface area contributed by atoms with Crippen LogP contribution >= 0.6 is 23.2 Å². The van der Waals surface area contributed by atoms with Crippen molar-refractivity contribution >= 4 is 31.5 Å². The molecule has 0 saturated carbocycles. The van der Waals surface area contributed by atoms with Crippen LogP contribution in [0, 0.1) is 13.8 Å². The number of rotatable bonds is 1. The lowest BCUT2D eigenvalue weighted by atomic mass is 10.0. The SMILES string of the molecule is CCC1c2c(Cl)c(C)c(Cl)c(C)c2O[Si]1(C)C. The quantitative estimate of drug-likeness (QED) is 0.642. The molecule has 0 bridgehead atoms. The molecule has 0 radical (unpaired) electrons. The van der Waals surface area contributed by atoms with Gasteiger partial charge >= 0.3 is 0 Å². The van der Waals surface area contributed by atoms with Crippen molar-refractivity contribution in [1.29, 1.82) is 0 Å². The summed E-state index contributed by atoms with van der Waals surface area (Å²) in [6.45, 7) is 10.7. The lowest BCUT2D eigenvalue weighted by molar-refractivity contribution is 0.560. The van der Waals surface area contributed by atoms with Crippen LogP contribution in [0.15, 0.2) is 0 Å². The van der Waals surface area contributed by atoms with Crippen molar-refractivity contribution in [3.05, 3.63) is 26.7 Å². The maximum Gasteiger partial charge on any atom is 0.252 e. The van der Waals surface area contributed by atoms with Crippen LogP contribution in [0.25, 0.3) is 0 Å². The van der Waals surface area contributed by atoms with Crippen LogP contribution in [0.5, 0.6) is 5.75 Å². The number of hydrogen-bond donors (Lipinski definition) is 0. The van der Waals surface area contributed by atoms with E-state index >= 15 is 0 Å². The highest BCUT2D eigenvalue weighted by molar-refractivity contribution is 6.74. The second kappa shape index (κ2) is 4.18. The van der Waals surface area contributed by atoms with Crippen molar-refractivity contribution in [1.82, 2.24) is 0 Å². The van der Waals surface area contributed by atoms with E-state index in [1.165, 1.54) is 5.56 Å². The predicted octanol–water partition coefficient (Wildman–Crippen LogP) is 5.24. The summed E-state index contributed by atoms with van der Waals surface area (Å²) < 4.78 is 6.22. The molecular weight excluding hydrogens is 271 g/mol. The normalized spacial score (nSPS) is 21.2. The summed E-state index contributed by atoms with van der Waals surface area (Å²) in [5.41, 5.74) is 3.70. The molecule has 2 rings (SSSR count). The molecule has 0 aliphatic carbocycles. The highest BCUT2D eigenvalue weighted by Gasteiger charge is 2.45. The third-order valence-corrected chi connectivity index (χ3v) is 7.93. The van der Waals surface area contributed by atoms with Gasteiger partial charge in [0.1, 0.15) is 5.75 Å². The van der Waals surface area contributed by atoms with E-state index < -0.39 is 8.32 Å². The largest absolute Gasteiger partial charge is 0.543 e. The summed E-state index contributed by atoms with van der Waals surface area (Å²) in [4.78, 5) is 0. The Morgan fingerprint density at radius 3 is 2.24 bits per heavy atom. The van der Waals surface area contributed by atoms with E-state index in [-0.39, 0.29) is 0 Å². The lowest BCUT2D eigenvalue weighted by Gasteiger charge is -2.22. The lowest BCUT2D eigenvalue weighted by Crippen LogP contribution is -2.36. The fourth-order valence-corrected chi connectivity index (χ4v) is 6.32. The van der Waals surface area contributed by atoms with Gasteiger partial charge in [-0.15, -0.1) is 0 Å². The van der Waals surface area contributed by atoms with Crippen molar-refractivity contribution < 1.29 is 4.43 Å². The molecule has 0 saturated heterocycles. The molecule has 1 atom stereocenters. The maximum absolute atomic E-state index is 6.47. The van der Waals surface area contributed by atoms with Gasteiger partial charge in [-0.3, -0.25) is 0 Å². The average molecular weight is 289 g/mol. The van der Waals surface area contributed by atoms with Crippen molar-refractivity contribution in [3.63, 3.8) is 0 Å². The van der Waals surface area contributed by atoms with Crippen LogP contribution in [-0.4, -0.2) is 8.32 Å². The molecular formula is C13H18Cl2OSi. The molecule has 0 aromatic heterocycles. The van der Waals surface area contributed by atoms with Gasteiger partial charge in [0.25, 0.3) is 8.32 Å². The van der Waals surface area contributed by atoms with E-state index in [1.54, 1.807) is 0 Å². The summed E-state index contributed by atoms with van der Waals surface area (Å²) in [7, 11) is -1.73. The van der Waals surface area contributed by atoms with E-state index in [9.17, 15) is 0 Å². The van der Waals surface area contributed by atoms with Gasteiger partial charge in [0.05, 0.1) is 10.0 Å². The molecule has 17 heavy (non-hydrogen) atoms. The number of hydrogen-bond acceptors (Lipinski definition) is 1. The summed E-state index contributed by atoms with van der Waals surface area (Å²) in [5.74, 6) is 0.953. The molecule has 94 valence electrons. The standard InChI is InChI=1S/C13H18Cl2OSi/c1-6-9-10-12(15)7(2)11(14)8(3)13(10)16-17(9,4)5/h9H,6H2,1-5H3. The van der Waals surface area contributed by atoms with E-state index in [4.69, 9.17) is 27.6 Å². The fourth-order valence-electron chi connectivity index (χ4n) is 2.80. The van der Waals surface area contributed by atoms with Gasteiger partial charge < -0.3 is 4.43 Å². The molecule has 1 heterocycles.